The number of amides is 1. The van der Waals surface area contributed by atoms with Crippen molar-refractivity contribution in [3.63, 3.8) is 0 Å². The molecule has 0 unspecified atom stereocenters. The van der Waals surface area contributed by atoms with Crippen molar-refractivity contribution in [3.8, 4) is 16.9 Å². The van der Waals surface area contributed by atoms with E-state index < -0.39 is 11.7 Å². The van der Waals surface area contributed by atoms with Crippen molar-refractivity contribution in [2.24, 2.45) is 11.7 Å². The Morgan fingerprint density at radius 2 is 2.14 bits per heavy atom. The van der Waals surface area contributed by atoms with Crippen LogP contribution in [0.5, 0.6) is 5.75 Å². The van der Waals surface area contributed by atoms with Crippen molar-refractivity contribution in [3.05, 3.63) is 41.7 Å². The van der Waals surface area contributed by atoms with Gasteiger partial charge in [0.1, 0.15) is 18.0 Å². The lowest BCUT2D eigenvalue weighted by Gasteiger charge is -2.30. The number of carbonyl (C=O) groups excluding carboxylic acids is 1. The van der Waals surface area contributed by atoms with E-state index in [0.29, 0.717) is 28.8 Å². The number of aromatic nitrogens is 3. The van der Waals surface area contributed by atoms with Gasteiger partial charge < -0.3 is 15.2 Å². The number of halogens is 1. The Balaban J connectivity index is 1.81. The molecule has 2 aromatic heterocycles. The van der Waals surface area contributed by atoms with Gasteiger partial charge in [0.2, 0.25) is 0 Å². The molecule has 0 spiro atoms. The summed E-state index contributed by atoms with van der Waals surface area (Å²) in [5.41, 5.74) is 6.98. The molecule has 148 valence electrons. The first-order chi connectivity index (χ1) is 13.3. The number of hydrogen-bond donors (Lipinski definition) is 2. The summed E-state index contributed by atoms with van der Waals surface area (Å²) in [7, 11) is 0. The molecule has 1 atom stereocenters. The van der Waals surface area contributed by atoms with Crippen LogP contribution < -0.4 is 10.5 Å². The molecule has 0 fully saturated rings. The molecule has 1 aromatic carbocycles. The zero-order valence-corrected chi connectivity index (χ0v) is 16.8. The van der Waals surface area contributed by atoms with Crippen LogP contribution in [0.3, 0.4) is 0 Å². The Morgan fingerprint density at radius 3 is 2.82 bits per heavy atom. The zero-order valence-electron chi connectivity index (χ0n) is 16.0. The molecule has 7 nitrogen and oxygen atoms in total. The highest BCUT2D eigenvalue weighted by Crippen LogP contribution is 2.34. The molecule has 0 saturated heterocycles. The molecule has 0 aliphatic heterocycles. The predicted octanol–water partition coefficient (Wildman–Crippen LogP) is 4.56. The quantitative estimate of drug-likeness (QED) is 0.603. The molecule has 0 aliphatic carbocycles. The third-order valence-corrected chi connectivity index (χ3v) is 4.61. The van der Waals surface area contributed by atoms with Gasteiger partial charge in [0.15, 0.2) is 5.65 Å². The van der Waals surface area contributed by atoms with Crippen LogP contribution in [0.15, 0.2) is 36.7 Å². The van der Waals surface area contributed by atoms with Gasteiger partial charge in [-0.2, -0.15) is 5.10 Å². The number of rotatable bonds is 7. The minimum Gasteiger partial charge on any atom is -0.488 e. The normalized spacial score (nSPS) is 13.5. The largest absolute Gasteiger partial charge is 0.488 e. The highest BCUT2D eigenvalue weighted by Gasteiger charge is 2.30. The second-order valence-electron chi connectivity index (χ2n) is 7.39. The molecule has 28 heavy (non-hydrogen) atoms. The number of hydrogen-bond acceptors (Lipinski definition) is 5. The number of nitrogens with one attached hydrogen (secondary N) is 1. The summed E-state index contributed by atoms with van der Waals surface area (Å²) in [6.45, 7) is 6.02. The average Bonchev–Trinajstić information content (AvgIpc) is 3.08. The fourth-order valence-electron chi connectivity index (χ4n) is 3.36. The molecular formula is C20H23ClN4O3. The molecule has 1 amide bonds. The highest BCUT2D eigenvalue weighted by molar-refractivity contribution is 6.32. The Bertz CT molecular complexity index is 988. The Hall–Kier alpha value is -2.80. The fraction of sp³-hybridized carbons (Fsp3) is 0.350. The first-order valence-electron chi connectivity index (χ1n) is 8.97. The number of primary amides is 1. The van der Waals surface area contributed by atoms with E-state index >= 15 is 0 Å². The molecule has 3 N–H and O–H groups in total. The maximum absolute atomic E-state index is 11.3. The van der Waals surface area contributed by atoms with Crippen LogP contribution >= 0.6 is 11.6 Å². The van der Waals surface area contributed by atoms with E-state index in [4.69, 9.17) is 26.8 Å². The predicted molar refractivity (Wildman–Crippen MR) is 108 cm³/mol. The van der Waals surface area contributed by atoms with E-state index in [1.807, 2.05) is 32.0 Å². The number of ether oxygens (including phenoxy) is 2. The average molecular weight is 403 g/mol. The lowest BCUT2D eigenvalue weighted by Crippen LogP contribution is -2.41. The number of pyridine rings is 1. The van der Waals surface area contributed by atoms with Gasteiger partial charge in [-0.25, -0.2) is 9.78 Å². The lowest BCUT2D eigenvalue weighted by atomic mass is 9.95. The maximum Gasteiger partial charge on any atom is 0.405 e. The number of benzene rings is 1. The fourth-order valence-corrected chi connectivity index (χ4v) is 3.59. The molecular weight excluding hydrogens is 380 g/mol. The van der Waals surface area contributed by atoms with Gasteiger partial charge >= 0.3 is 6.09 Å². The van der Waals surface area contributed by atoms with E-state index in [2.05, 4.69) is 15.2 Å². The molecule has 0 radical (unpaired) electrons. The van der Waals surface area contributed by atoms with Crippen molar-refractivity contribution in [1.29, 1.82) is 0 Å². The van der Waals surface area contributed by atoms with E-state index in [9.17, 15) is 4.79 Å². The standard InChI is InChI=1S/C20H23ClN4O3/c1-12(2)9-20(3,28-19(22)26)11-27-17-5-4-13(8-16(17)21)14-6-7-23-18-15(14)10-24-25-18/h4-8,10,12H,9,11H2,1-3H3,(H2,22,26)(H,23,24,25)/t20-/m0/s1. The van der Waals surface area contributed by atoms with E-state index in [-0.39, 0.29) is 6.61 Å². The molecule has 3 rings (SSSR count). The summed E-state index contributed by atoms with van der Waals surface area (Å²) in [4.78, 5) is 15.5. The van der Waals surface area contributed by atoms with Crippen LogP contribution in [-0.4, -0.2) is 33.5 Å². The van der Waals surface area contributed by atoms with Crippen LogP contribution in [0.2, 0.25) is 5.02 Å². The van der Waals surface area contributed by atoms with Gasteiger partial charge in [0, 0.05) is 11.6 Å². The van der Waals surface area contributed by atoms with Gasteiger partial charge in [-0.15, -0.1) is 0 Å². The molecule has 8 heteroatoms. The summed E-state index contributed by atoms with van der Waals surface area (Å²) in [6, 6.07) is 7.44. The minimum atomic E-state index is -0.837. The Labute approximate surface area is 168 Å². The molecule has 0 aliphatic rings. The van der Waals surface area contributed by atoms with Crippen molar-refractivity contribution in [2.45, 2.75) is 32.8 Å². The summed E-state index contributed by atoms with van der Waals surface area (Å²) < 4.78 is 11.2. The number of carbonyl (C=O) groups is 1. The second-order valence-corrected chi connectivity index (χ2v) is 7.80. The van der Waals surface area contributed by atoms with Crippen LogP contribution in [0.1, 0.15) is 27.2 Å². The van der Waals surface area contributed by atoms with Crippen LogP contribution in [0, 0.1) is 5.92 Å². The number of H-pyrrole nitrogens is 1. The summed E-state index contributed by atoms with van der Waals surface area (Å²) >= 11 is 6.45. The highest BCUT2D eigenvalue weighted by atomic mass is 35.5. The minimum absolute atomic E-state index is 0.147. The molecule has 0 saturated carbocycles. The number of aromatic amines is 1. The van der Waals surface area contributed by atoms with Gasteiger partial charge in [0.05, 0.1) is 11.2 Å². The zero-order chi connectivity index (χ0) is 20.3. The van der Waals surface area contributed by atoms with E-state index in [1.54, 1.807) is 25.4 Å². The van der Waals surface area contributed by atoms with Gasteiger partial charge in [0.25, 0.3) is 0 Å². The Morgan fingerprint density at radius 1 is 1.36 bits per heavy atom. The summed E-state index contributed by atoms with van der Waals surface area (Å²) in [5, 5.41) is 8.25. The van der Waals surface area contributed by atoms with Crippen molar-refractivity contribution in [1.82, 2.24) is 15.2 Å². The van der Waals surface area contributed by atoms with Gasteiger partial charge in [-0.3, -0.25) is 5.10 Å². The SMILES string of the molecule is CC(C)C[C@@](C)(COc1ccc(-c2ccnc3[nH]ncc23)cc1Cl)OC(N)=O. The number of nitrogens with two attached hydrogens (primary N) is 1. The van der Waals surface area contributed by atoms with Crippen LogP contribution in [0.4, 0.5) is 4.79 Å². The van der Waals surface area contributed by atoms with Crippen molar-refractivity contribution >= 4 is 28.7 Å². The van der Waals surface area contributed by atoms with E-state index in [1.165, 1.54) is 0 Å². The molecule has 0 bridgehead atoms. The third-order valence-electron chi connectivity index (χ3n) is 4.32. The summed E-state index contributed by atoms with van der Waals surface area (Å²) in [5.74, 6) is 0.806. The topological polar surface area (TPSA) is 103 Å². The first kappa shape index (κ1) is 19.9. The maximum atomic E-state index is 11.3. The third kappa shape index (κ3) is 4.54. The monoisotopic (exact) mass is 402 g/mol. The van der Waals surface area contributed by atoms with Crippen LogP contribution in [0.25, 0.3) is 22.2 Å². The molecule has 3 aromatic rings. The molecule has 2 heterocycles. The van der Waals surface area contributed by atoms with Gasteiger partial charge in [-0.1, -0.05) is 31.5 Å². The smallest absolute Gasteiger partial charge is 0.405 e. The van der Waals surface area contributed by atoms with Crippen LogP contribution in [-0.2, 0) is 4.74 Å². The second kappa shape index (κ2) is 8.06. The number of fused-ring (bicyclic) bond motifs is 1. The van der Waals surface area contributed by atoms with Gasteiger partial charge in [-0.05, 0) is 48.6 Å². The summed E-state index contributed by atoms with van der Waals surface area (Å²) in [6.07, 6.45) is 3.23. The van der Waals surface area contributed by atoms with Crippen molar-refractivity contribution < 1.29 is 14.3 Å². The Kier molecular flexibility index (Phi) is 5.74. The van der Waals surface area contributed by atoms with E-state index in [0.717, 1.165) is 16.5 Å². The first-order valence-corrected chi connectivity index (χ1v) is 9.34. The van der Waals surface area contributed by atoms with Crippen molar-refractivity contribution in [2.75, 3.05) is 6.61 Å². The lowest BCUT2D eigenvalue weighted by molar-refractivity contribution is -0.0185. The number of nitrogens with zero attached hydrogens (tertiary/aromatic N) is 2.